The van der Waals surface area contributed by atoms with Gasteiger partial charge in [-0.25, -0.2) is 4.98 Å². The van der Waals surface area contributed by atoms with Gasteiger partial charge in [0.2, 0.25) is 5.78 Å². The van der Waals surface area contributed by atoms with Crippen LogP contribution in [0.5, 0.6) is 0 Å². The lowest BCUT2D eigenvalue weighted by Gasteiger charge is -2.13. The van der Waals surface area contributed by atoms with Gasteiger partial charge in [-0.15, -0.1) is 6.58 Å². The summed E-state index contributed by atoms with van der Waals surface area (Å²) in [6.07, 6.45) is 1.04. The Labute approximate surface area is 137 Å². The molecule has 1 aliphatic carbocycles. The van der Waals surface area contributed by atoms with Crippen molar-refractivity contribution in [3.63, 3.8) is 0 Å². The number of aromatic nitrogens is 2. The Morgan fingerprint density at radius 1 is 1.21 bits per heavy atom. The monoisotopic (exact) mass is 334 g/mol. The van der Waals surface area contributed by atoms with Gasteiger partial charge in [0.1, 0.15) is 0 Å². The normalized spacial score (nSPS) is 14.3. The molecule has 3 nitrogen and oxygen atoms in total. The number of halogens is 3. The van der Waals surface area contributed by atoms with Crippen LogP contribution in [0.1, 0.15) is 46.0 Å². The maximum atomic E-state index is 12.7. The molecule has 0 unspecified atom stereocenters. The Hall–Kier alpha value is -2.37. The van der Waals surface area contributed by atoms with Crippen molar-refractivity contribution in [2.75, 3.05) is 0 Å². The summed E-state index contributed by atoms with van der Waals surface area (Å²) in [6, 6.07) is 4.26. The van der Waals surface area contributed by atoms with Crippen molar-refractivity contribution in [1.29, 1.82) is 0 Å². The molecular formula is C18H17F3N2O. The number of rotatable bonds is 4. The van der Waals surface area contributed by atoms with Crippen molar-refractivity contribution in [2.24, 2.45) is 0 Å². The van der Waals surface area contributed by atoms with Crippen LogP contribution in [0.4, 0.5) is 13.2 Å². The lowest BCUT2D eigenvalue weighted by molar-refractivity contribution is -0.137. The number of carbonyl (C=O) groups is 1. The predicted molar refractivity (Wildman–Crippen MR) is 83.9 cm³/mol. The molecule has 0 aliphatic heterocycles. The van der Waals surface area contributed by atoms with Gasteiger partial charge >= 0.3 is 6.18 Å². The number of hydrogen-bond donors (Lipinski definition) is 0. The van der Waals surface area contributed by atoms with E-state index in [0.29, 0.717) is 6.54 Å². The first-order chi connectivity index (χ1) is 11.4. The summed E-state index contributed by atoms with van der Waals surface area (Å²) in [5.41, 5.74) is 1.39. The average Bonchev–Trinajstić information content (AvgIpc) is 2.93. The number of aryl methyl sites for hydroxylation is 1. The quantitative estimate of drug-likeness (QED) is 0.620. The molecule has 0 saturated heterocycles. The van der Waals surface area contributed by atoms with Crippen LogP contribution in [0, 0.1) is 0 Å². The van der Waals surface area contributed by atoms with Gasteiger partial charge in [-0.1, -0.05) is 18.2 Å². The molecule has 1 heterocycles. The van der Waals surface area contributed by atoms with Gasteiger partial charge < -0.3 is 4.57 Å². The maximum Gasteiger partial charge on any atom is 0.416 e. The van der Waals surface area contributed by atoms with Crippen LogP contribution in [-0.2, 0) is 25.6 Å². The van der Waals surface area contributed by atoms with Crippen molar-refractivity contribution < 1.29 is 18.0 Å². The third-order valence-electron chi connectivity index (χ3n) is 4.22. The van der Waals surface area contributed by atoms with E-state index in [1.165, 1.54) is 12.1 Å². The maximum absolute atomic E-state index is 12.7. The van der Waals surface area contributed by atoms with Gasteiger partial charge in [-0.05, 0) is 37.8 Å². The molecule has 0 N–H and O–H groups in total. The highest BCUT2D eigenvalue weighted by molar-refractivity contribution is 6.06. The predicted octanol–water partition coefficient (Wildman–Crippen LogP) is 4.20. The minimum Gasteiger partial charge on any atom is -0.321 e. The van der Waals surface area contributed by atoms with Crippen molar-refractivity contribution in [1.82, 2.24) is 9.55 Å². The molecule has 1 aromatic heterocycles. The molecule has 0 atom stereocenters. The van der Waals surface area contributed by atoms with Gasteiger partial charge in [0.15, 0.2) is 5.82 Å². The number of alkyl halides is 3. The van der Waals surface area contributed by atoms with Crippen LogP contribution in [0.3, 0.4) is 0 Å². The number of carbonyl (C=O) groups excluding carboxylic acids is 1. The zero-order valence-electron chi connectivity index (χ0n) is 13.1. The molecule has 0 fully saturated rings. The summed E-state index contributed by atoms with van der Waals surface area (Å²) in [5, 5.41) is 0. The second-order valence-electron chi connectivity index (χ2n) is 5.84. The smallest absolute Gasteiger partial charge is 0.321 e. The van der Waals surface area contributed by atoms with E-state index >= 15 is 0 Å². The Morgan fingerprint density at radius 2 is 1.88 bits per heavy atom. The zero-order chi connectivity index (χ0) is 17.3. The first-order valence-corrected chi connectivity index (χ1v) is 7.83. The fourth-order valence-electron chi connectivity index (χ4n) is 3.04. The fourth-order valence-corrected chi connectivity index (χ4v) is 3.04. The third kappa shape index (κ3) is 3.00. The second kappa shape index (κ2) is 6.26. The van der Waals surface area contributed by atoms with Gasteiger partial charge in [0.05, 0.1) is 11.3 Å². The molecule has 0 amide bonds. The summed E-state index contributed by atoms with van der Waals surface area (Å²) >= 11 is 0. The Kier molecular flexibility index (Phi) is 4.30. The number of fused-ring (bicyclic) bond motifs is 1. The lowest BCUT2D eigenvalue weighted by atomic mass is 10.0. The SMILES string of the molecule is C=CCn1c(C(=O)c2ccc(C(F)(F)F)cc2)nc2c1CCCC2. The number of allylic oxidation sites excluding steroid dienone is 1. The van der Waals surface area contributed by atoms with Gasteiger partial charge in [0.25, 0.3) is 0 Å². The summed E-state index contributed by atoms with van der Waals surface area (Å²) in [6.45, 7) is 4.17. The van der Waals surface area contributed by atoms with Crippen molar-refractivity contribution in [3.05, 3.63) is 65.3 Å². The Balaban J connectivity index is 1.98. The van der Waals surface area contributed by atoms with Crippen LogP contribution in [0.2, 0.25) is 0 Å². The molecule has 0 bridgehead atoms. The highest BCUT2D eigenvalue weighted by Crippen LogP contribution is 2.30. The Morgan fingerprint density at radius 3 is 2.50 bits per heavy atom. The molecule has 126 valence electrons. The molecule has 0 saturated carbocycles. The molecule has 1 aromatic carbocycles. The number of ketones is 1. The molecule has 1 aliphatic rings. The first kappa shape index (κ1) is 16.5. The fraction of sp³-hybridized carbons (Fsp3) is 0.333. The highest BCUT2D eigenvalue weighted by Gasteiger charge is 2.31. The summed E-state index contributed by atoms with van der Waals surface area (Å²) in [5.74, 6) is -0.0819. The molecular weight excluding hydrogens is 317 g/mol. The van der Waals surface area contributed by atoms with E-state index in [9.17, 15) is 18.0 Å². The van der Waals surface area contributed by atoms with Crippen molar-refractivity contribution in [3.8, 4) is 0 Å². The minimum atomic E-state index is -4.41. The van der Waals surface area contributed by atoms with Crippen LogP contribution in [0.15, 0.2) is 36.9 Å². The van der Waals surface area contributed by atoms with Crippen molar-refractivity contribution in [2.45, 2.75) is 38.4 Å². The summed E-state index contributed by atoms with van der Waals surface area (Å²) in [4.78, 5) is 17.2. The molecule has 0 spiro atoms. The van der Waals surface area contributed by atoms with Crippen LogP contribution < -0.4 is 0 Å². The van der Waals surface area contributed by atoms with Crippen LogP contribution >= 0.6 is 0 Å². The van der Waals surface area contributed by atoms with Gasteiger partial charge in [-0.2, -0.15) is 13.2 Å². The van der Waals surface area contributed by atoms with Gasteiger partial charge in [-0.3, -0.25) is 4.79 Å². The topological polar surface area (TPSA) is 34.9 Å². The van der Waals surface area contributed by atoms with E-state index in [4.69, 9.17) is 0 Å². The van der Waals surface area contributed by atoms with E-state index in [1.807, 2.05) is 4.57 Å². The molecule has 3 rings (SSSR count). The molecule has 2 aromatic rings. The summed E-state index contributed by atoms with van der Waals surface area (Å²) in [7, 11) is 0. The third-order valence-corrected chi connectivity index (χ3v) is 4.22. The van der Waals surface area contributed by atoms with E-state index in [2.05, 4.69) is 11.6 Å². The van der Waals surface area contributed by atoms with Gasteiger partial charge in [0, 0.05) is 17.8 Å². The van der Waals surface area contributed by atoms with E-state index in [0.717, 1.165) is 49.2 Å². The van der Waals surface area contributed by atoms with E-state index in [1.54, 1.807) is 6.08 Å². The number of hydrogen-bond acceptors (Lipinski definition) is 2. The molecule has 0 radical (unpaired) electrons. The zero-order valence-corrected chi connectivity index (χ0v) is 13.1. The number of imidazole rings is 1. The van der Waals surface area contributed by atoms with Crippen LogP contribution in [-0.4, -0.2) is 15.3 Å². The Bertz CT molecular complexity index is 773. The summed E-state index contributed by atoms with van der Waals surface area (Å²) < 4.78 is 39.8. The first-order valence-electron chi connectivity index (χ1n) is 7.83. The van der Waals surface area contributed by atoms with E-state index in [-0.39, 0.29) is 17.2 Å². The largest absolute Gasteiger partial charge is 0.416 e. The molecule has 24 heavy (non-hydrogen) atoms. The number of nitrogens with zero attached hydrogens (tertiary/aromatic N) is 2. The number of benzene rings is 1. The van der Waals surface area contributed by atoms with Crippen molar-refractivity contribution >= 4 is 5.78 Å². The second-order valence-corrected chi connectivity index (χ2v) is 5.84. The highest BCUT2D eigenvalue weighted by atomic mass is 19.4. The minimum absolute atomic E-state index is 0.204. The van der Waals surface area contributed by atoms with Crippen LogP contribution in [0.25, 0.3) is 0 Å². The standard InChI is InChI=1S/C18H17F3N2O/c1-2-11-23-15-6-4-3-5-14(15)22-17(23)16(24)12-7-9-13(10-8-12)18(19,20)21/h2,7-10H,1,3-6,11H2. The lowest BCUT2D eigenvalue weighted by Crippen LogP contribution is -2.14. The van der Waals surface area contributed by atoms with E-state index < -0.39 is 11.7 Å². The average molecular weight is 334 g/mol. The molecule has 6 heteroatoms.